The van der Waals surface area contributed by atoms with Gasteiger partial charge in [-0.25, -0.2) is 0 Å². The van der Waals surface area contributed by atoms with Crippen molar-refractivity contribution in [2.75, 3.05) is 0 Å². The summed E-state index contributed by atoms with van der Waals surface area (Å²) in [5.74, 6) is 2.04. The molecule has 0 N–H and O–H groups in total. The number of benzene rings is 4. The van der Waals surface area contributed by atoms with E-state index in [0.29, 0.717) is 23.7 Å². The van der Waals surface area contributed by atoms with Crippen LogP contribution in [0.5, 0.6) is 0 Å². The van der Waals surface area contributed by atoms with Gasteiger partial charge in [-0.15, -0.1) is 0 Å². The number of nitrogens with zero attached hydrogens (tertiary/aromatic N) is 10. The Kier molecular flexibility index (Phi) is 34.1. The molecule has 0 aliphatic rings. The van der Waals surface area contributed by atoms with Gasteiger partial charge in [-0.05, 0) is 48.5 Å². The molecule has 12 aromatic rings. The van der Waals surface area contributed by atoms with Gasteiger partial charge in [0.25, 0.3) is 0 Å². The Morgan fingerprint density at radius 1 is 0.293 bits per heavy atom. The van der Waals surface area contributed by atoms with E-state index in [9.17, 15) is 0 Å². The first kappa shape index (κ1) is 74.0. The molecule has 92 heavy (non-hydrogen) atoms. The smallest absolute Gasteiger partial charge is 0.0886 e. The Bertz CT molecular complexity index is 3350. The fourth-order valence-electron chi connectivity index (χ4n) is 8.58. The van der Waals surface area contributed by atoms with Crippen molar-refractivity contribution in [1.29, 1.82) is 0 Å². The van der Waals surface area contributed by atoms with Crippen LogP contribution in [0.4, 0.5) is 11.4 Å². The molecule has 4 aromatic carbocycles. The molecule has 0 bridgehead atoms. The topological polar surface area (TPSA) is 133 Å². The van der Waals surface area contributed by atoms with Crippen molar-refractivity contribution in [1.82, 2.24) is 39.9 Å². The second-order valence-electron chi connectivity index (χ2n) is 23.2. The van der Waals surface area contributed by atoms with E-state index in [1.165, 1.54) is 44.8 Å². The minimum absolute atomic E-state index is 0.0811. The van der Waals surface area contributed by atoms with Crippen molar-refractivity contribution < 1.29 is 35.8 Å². The summed E-state index contributed by atoms with van der Waals surface area (Å²) in [6, 6.07) is 73.1. The van der Waals surface area contributed by atoms with Crippen molar-refractivity contribution in [2.24, 2.45) is 6.99 Å². The summed E-state index contributed by atoms with van der Waals surface area (Å²) in [6.07, 6.45) is 21.1. The van der Waals surface area contributed by atoms with Gasteiger partial charge < -0.3 is 19.9 Å². The van der Waals surface area contributed by atoms with Gasteiger partial charge >= 0.3 is 311 Å². The maximum atomic E-state index is 5.13. The van der Waals surface area contributed by atoms with Crippen LogP contribution < -0.4 is 19.9 Å². The zero-order valence-electron chi connectivity index (χ0n) is 55.5. The zero-order valence-corrected chi connectivity index (χ0v) is 59.5. The van der Waals surface area contributed by atoms with Crippen molar-refractivity contribution in [3.63, 3.8) is 0 Å². The average Bonchev–Trinajstić information content (AvgIpc) is 1.26. The molecular formula is C80H90Mo2N10. The Morgan fingerprint density at radius 2 is 0.522 bits per heavy atom. The molecule has 0 saturated heterocycles. The van der Waals surface area contributed by atoms with E-state index >= 15 is 0 Å². The molecule has 0 saturated carbocycles. The predicted octanol–water partition coefficient (Wildman–Crippen LogP) is 20.1. The van der Waals surface area contributed by atoms with E-state index in [0.717, 1.165) is 22.8 Å². The van der Waals surface area contributed by atoms with Gasteiger partial charge in [-0.1, -0.05) is 72.8 Å². The normalized spacial score (nSPS) is 10.3. The third-order valence-corrected chi connectivity index (χ3v) is 18.5. The molecule has 0 fully saturated rings. The van der Waals surface area contributed by atoms with Crippen LogP contribution in [-0.4, -0.2) is 28.7 Å². The van der Waals surface area contributed by atoms with Crippen molar-refractivity contribution in [3.8, 4) is 22.8 Å². The van der Waals surface area contributed by atoms with Gasteiger partial charge in [0.1, 0.15) is 0 Å². The van der Waals surface area contributed by atoms with Gasteiger partial charge in [0.05, 0.1) is 22.8 Å². The molecule has 12 rings (SSSR count). The predicted molar refractivity (Wildman–Crippen MR) is 378 cm³/mol. The van der Waals surface area contributed by atoms with E-state index < -0.39 is 35.8 Å². The average molecular weight is 1380 g/mol. The van der Waals surface area contributed by atoms with Crippen LogP contribution in [0.15, 0.2) is 300 Å². The molecule has 472 valence electrons. The van der Waals surface area contributed by atoms with Gasteiger partial charge in [0, 0.05) is 24.8 Å². The number of rotatable bonds is 12. The molecule has 8 aromatic heterocycles. The zero-order chi connectivity index (χ0) is 66.1. The molecule has 0 radical (unpaired) electrons. The third kappa shape index (κ3) is 27.8. The van der Waals surface area contributed by atoms with Gasteiger partial charge in [-0.3, -0.25) is 19.9 Å². The Labute approximate surface area is 565 Å². The first-order valence-electron chi connectivity index (χ1n) is 31.1. The quantitative estimate of drug-likeness (QED) is 0.110. The molecule has 0 unspecified atom stereocenters. The largest absolute Gasteiger partial charge is 0.670 e. The van der Waals surface area contributed by atoms with E-state index in [2.05, 4.69) is 229 Å². The van der Waals surface area contributed by atoms with Crippen molar-refractivity contribution >= 4 is 20.2 Å². The molecule has 12 heteroatoms. The molecule has 8 heterocycles. The van der Waals surface area contributed by atoms with Crippen LogP contribution in [0.25, 0.3) is 22.8 Å². The molecule has 10 nitrogen and oxygen atoms in total. The van der Waals surface area contributed by atoms with Crippen molar-refractivity contribution in [3.05, 3.63) is 326 Å². The van der Waals surface area contributed by atoms with Crippen molar-refractivity contribution in [2.45, 2.75) is 118 Å². The second kappa shape index (κ2) is 42.4. The monoisotopic (exact) mass is 1390 g/mol. The fourth-order valence-corrected chi connectivity index (χ4v) is 12.4. The minimum Gasteiger partial charge on any atom is -0.670 e. The molecular weight excluding hydrogens is 1290 g/mol. The Balaban J connectivity index is 0.000000206. The second-order valence-corrected chi connectivity index (χ2v) is 26.3. The summed E-state index contributed by atoms with van der Waals surface area (Å²) in [4.78, 5) is 31.6. The van der Waals surface area contributed by atoms with Gasteiger partial charge in [-0.2, -0.15) is 49.6 Å². The number of aromatic nitrogens is 8. The van der Waals surface area contributed by atoms with E-state index in [4.69, 9.17) is 6.99 Å². The summed E-state index contributed by atoms with van der Waals surface area (Å²) >= 11 is -1.11. The minimum atomic E-state index is -0.553. The fraction of sp³-hybridized carbons (Fsp3) is 0.225. The first-order chi connectivity index (χ1) is 44.6. The van der Waals surface area contributed by atoms with Crippen LogP contribution in [0, 0.1) is 0 Å². The standard InChI is InChI=1S/2C12H17N.2C10H8N2.2C10H12.4C4H4N.2Mo/c2*1-8(2)10-6-5-7-11(9(3)4)12(10)13;2*1-3-7-11-9(5-1)10-6-2-4-8-12-10;2*1-10(2,3)9-7-5-4-6-8-9;4*1-2-4-5-3-1;;/h2*5-9H,1-4H3;2*1-8H;2*1,4-8H,2-3H3;4*1-4H;;/q;;;;;;4*-1;2*+2. The number of pyridine rings is 4. The van der Waals surface area contributed by atoms with Crippen LogP contribution in [0.3, 0.4) is 0 Å². The molecule has 0 aliphatic carbocycles. The molecule has 0 aliphatic heterocycles. The van der Waals surface area contributed by atoms with Crippen LogP contribution in [0.1, 0.15) is 140 Å². The maximum absolute atomic E-state index is 5.13. The summed E-state index contributed by atoms with van der Waals surface area (Å²) < 4.78 is 15.2. The van der Waals surface area contributed by atoms with Crippen LogP contribution in [-0.2, 0) is 46.7 Å². The first-order valence-corrected chi connectivity index (χ1v) is 35.2. The molecule has 0 atom stereocenters. The summed E-state index contributed by atoms with van der Waals surface area (Å²) in [5.41, 5.74) is 14.6. The third-order valence-electron chi connectivity index (χ3n) is 13.7. The van der Waals surface area contributed by atoms with E-state index in [1.807, 2.05) is 121 Å². The number of hydrogen-bond acceptors (Lipinski definition) is 6. The SMILES string of the molecule is CC(C)c1cccc(C(C)C)c1[N]=[Mo+2]=[CH]C(C)(C)c1ccccc1.CC(C)c1cccc(C(C)C)c1[N]=[Mo+2]=[CH]C(C)(C)c1ccccc1.c1cc[n-]c1.c1cc[n-]c1.c1cc[n-]c1.c1cc[n-]c1.c1ccc(-c2ccccn2)nc1.c1ccc(-c2ccccn2)nc1. The molecule has 0 spiro atoms. The van der Waals surface area contributed by atoms with E-state index in [1.54, 1.807) is 74.4 Å². The molecule has 0 amide bonds. The van der Waals surface area contributed by atoms with Crippen LogP contribution >= 0.6 is 0 Å². The summed E-state index contributed by atoms with van der Waals surface area (Å²) in [5, 5.41) is 0. The van der Waals surface area contributed by atoms with Gasteiger partial charge in [0.2, 0.25) is 0 Å². The summed E-state index contributed by atoms with van der Waals surface area (Å²) in [7, 11) is 0. The van der Waals surface area contributed by atoms with E-state index in [-0.39, 0.29) is 10.8 Å². The van der Waals surface area contributed by atoms with Gasteiger partial charge in [0.15, 0.2) is 0 Å². The van der Waals surface area contributed by atoms with Crippen LogP contribution in [0.2, 0.25) is 0 Å². The Morgan fingerprint density at radius 3 is 0.707 bits per heavy atom. The number of hydrogen-bond donors (Lipinski definition) is 0. The summed E-state index contributed by atoms with van der Waals surface area (Å²) in [6.45, 7) is 27.3. The Hall–Kier alpha value is -8.68. The maximum Gasteiger partial charge on any atom is 0.0886 e.